The Kier molecular flexibility index (Phi) is 7.12. The quantitative estimate of drug-likeness (QED) is 0.729. The van der Waals surface area contributed by atoms with E-state index in [-0.39, 0.29) is 5.69 Å². The van der Waals surface area contributed by atoms with Gasteiger partial charge < -0.3 is 5.32 Å². The van der Waals surface area contributed by atoms with Crippen molar-refractivity contribution in [3.05, 3.63) is 28.7 Å². The summed E-state index contributed by atoms with van der Waals surface area (Å²) < 4.78 is 54.2. The summed E-state index contributed by atoms with van der Waals surface area (Å²) in [6.45, 7) is 0. The average molecular weight is 403 g/mol. The average Bonchev–Trinajstić information content (AvgIpc) is 2.17. The summed E-state index contributed by atoms with van der Waals surface area (Å²) in [5, 5.41) is 1.74. The molecule has 1 amide bonds. The van der Waals surface area contributed by atoms with Crippen LogP contribution in [0.1, 0.15) is 0 Å². The van der Waals surface area contributed by atoms with Crippen LogP contribution in [0.4, 0.5) is 18.9 Å². The van der Waals surface area contributed by atoms with Gasteiger partial charge in [-0.15, -0.1) is 0 Å². The Bertz CT molecular complexity index is 542. The van der Waals surface area contributed by atoms with Crippen LogP contribution in [-0.4, -0.2) is 20.5 Å². The van der Waals surface area contributed by atoms with Crippen molar-refractivity contribution in [3.8, 4) is 0 Å². The van der Waals surface area contributed by atoms with E-state index >= 15 is 0 Å². The Morgan fingerprint density at radius 2 is 1.63 bits per heavy atom. The lowest BCUT2D eigenvalue weighted by Gasteiger charge is -2.08. The SMILES string of the molecule is O=C(Nc1ccccc1Br)C(F)(F)F.O=S(=O)(Cl)Cl. The summed E-state index contributed by atoms with van der Waals surface area (Å²) >= 11 is 3.01. The van der Waals surface area contributed by atoms with E-state index in [1.165, 1.54) is 18.2 Å². The zero-order valence-electron chi connectivity index (χ0n) is 8.71. The number of rotatable bonds is 1. The number of hydrogen-bond acceptors (Lipinski definition) is 3. The molecule has 1 rings (SSSR count). The first kappa shape index (κ1) is 18.5. The van der Waals surface area contributed by atoms with Crippen LogP contribution in [0.15, 0.2) is 28.7 Å². The third-order valence-electron chi connectivity index (χ3n) is 1.38. The maximum atomic E-state index is 11.8. The van der Waals surface area contributed by atoms with Crippen molar-refractivity contribution in [1.82, 2.24) is 0 Å². The van der Waals surface area contributed by atoms with Crippen molar-refractivity contribution in [3.63, 3.8) is 0 Å². The third kappa shape index (κ3) is 10.00. The van der Waals surface area contributed by atoms with Gasteiger partial charge in [0.25, 0.3) is 0 Å². The van der Waals surface area contributed by atoms with Crippen molar-refractivity contribution in [1.29, 1.82) is 0 Å². The van der Waals surface area contributed by atoms with E-state index in [0.29, 0.717) is 4.47 Å². The maximum absolute atomic E-state index is 11.8. The molecule has 0 aromatic heterocycles. The predicted molar refractivity (Wildman–Crippen MR) is 69.5 cm³/mol. The molecule has 0 fully saturated rings. The van der Waals surface area contributed by atoms with Crippen LogP contribution in [0.2, 0.25) is 0 Å². The molecule has 0 heterocycles. The first-order chi connectivity index (χ1) is 8.41. The van der Waals surface area contributed by atoms with E-state index in [1.54, 1.807) is 11.4 Å². The number of para-hydroxylation sites is 1. The van der Waals surface area contributed by atoms with Gasteiger partial charge in [-0.3, -0.25) is 4.79 Å². The zero-order valence-corrected chi connectivity index (χ0v) is 12.6. The molecular formula is C8H5BrCl2F3NO3S. The lowest BCUT2D eigenvalue weighted by atomic mass is 10.3. The summed E-state index contributed by atoms with van der Waals surface area (Å²) in [4.78, 5) is 10.5. The molecule has 1 N–H and O–H groups in total. The molecule has 0 aliphatic rings. The van der Waals surface area contributed by atoms with Gasteiger partial charge in [-0.1, -0.05) is 12.1 Å². The smallest absolute Gasteiger partial charge is 0.317 e. The van der Waals surface area contributed by atoms with Crippen LogP contribution in [-0.2, 0) is 13.1 Å². The van der Waals surface area contributed by atoms with E-state index in [4.69, 9.17) is 8.42 Å². The minimum Gasteiger partial charge on any atom is -0.317 e. The topological polar surface area (TPSA) is 63.2 Å². The molecule has 0 saturated carbocycles. The number of alkyl halides is 3. The second kappa shape index (κ2) is 7.32. The number of amides is 1. The minimum atomic E-state index is -4.87. The number of halogens is 6. The van der Waals surface area contributed by atoms with Crippen LogP contribution >= 0.6 is 37.3 Å². The van der Waals surface area contributed by atoms with Crippen LogP contribution < -0.4 is 5.32 Å². The number of carbonyl (C=O) groups excluding carboxylic acids is 1. The Hall–Kier alpha value is -0.510. The molecule has 108 valence electrons. The molecule has 19 heavy (non-hydrogen) atoms. The summed E-state index contributed by atoms with van der Waals surface area (Å²) in [7, 11) is 4.81. The van der Waals surface area contributed by atoms with Crippen LogP contribution in [0.5, 0.6) is 0 Å². The highest BCUT2D eigenvalue weighted by molar-refractivity contribution is 9.10. The first-order valence-electron chi connectivity index (χ1n) is 4.18. The normalized spacial score (nSPS) is 11.3. The van der Waals surface area contributed by atoms with Gasteiger partial charge in [-0.2, -0.15) is 21.6 Å². The second-order valence-corrected chi connectivity index (χ2v) is 7.33. The molecule has 0 aliphatic carbocycles. The summed E-state index contributed by atoms with van der Waals surface area (Å²) in [6, 6.07) is 6.06. The molecule has 11 heteroatoms. The first-order valence-corrected chi connectivity index (χ1v) is 8.11. The number of carbonyl (C=O) groups is 1. The second-order valence-electron chi connectivity index (χ2n) is 2.81. The molecule has 0 aliphatic heterocycles. The Morgan fingerprint density at radius 3 is 2.00 bits per heavy atom. The number of benzene rings is 1. The van der Waals surface area contributed by atoms with E-state index in [2.05, 4.69) is 37.3 Å². The Morgan fingerprint density at radius 1 is 1.21 bits per heavy atom. The molecule has 1 aromatic carbocycles. The highest BCUT2D eigenvalue weighted by Crippen LogP contribution is 2.24. The van der Waals surface area contributed by atoms with E-state index < -0.39 is 20.3 Å². The Balaban J connectivity index is 0.000000555. The molecule has 0 saturated heterocycles. The van der Waals surface area contributed by atoms with E-state index in [0.717, 1.165) is 0 Å². The molecule has 0 bridgehead atoms. The summed E-state index contributed by atoms with van der Waals surface area (Å²) in [5.74, 6) is -1.98. The molecule has 1 aromatic rings. The van der Waals surface area contributed by atoms with Gasteiger partial charge in [-0.05, 0) is 28.1 Å². The lowest BCUT2D eigenvalue weighted by Crippen LogP contribution is -2.30. The van der Waals surface area contributed by atoms with Gasteiger partial charge in [-0.25, -0.2) is 0 Å². The lowest BCUT2D eigenvalue weighted by molar-refractivity contribution is -0.167. The molecule has 4 nitrogen and oxygen atoms in total. The van der Waals surface area contributed by atoms with Crippen LogP contribution in [0.3, 0.4) is 0 Å². The van der Waals surface area contributed by atoms with E-state index in [9.17, 15) is 18.0 Å². The van der Waals surface area contributed by atoms with Gasteiger partial charge in [0.05, 0.1) is 5.69 Å². The highest BCUT2D eigenvalue weighted by atomic mass is 79.9. The standard InChI is InChI=1S/C8H5BrF3NO.Cl2O2S/c9-5-3-1-2-4-6(5)13-7(14)8(10,11)12;1-5(2,3)4/h1-4H,(H,13,14);. The van der Waals surface area contributed by atoms with Crippen molar-refractivity contribution in [2.75, 3.05) is 5.32 Å². The fourth-order valence-electron chi connectivity index (χ4n) is 0.756. The zero-order chi connectivity index (χ0) is 15.3. The number of hydrogen-bond donors (Lipinski definition) is 1. The van der Waals surface area contributed by atoms with Gasteiger partial charge in [0.1, 0.15) is 0 Å². The fourth-order valence-corrected chi connectivity index (χ4v) is 1.14. The fraction of sp³-hybridized carbons (Fsp3) is 0.125. The molecule has 0 spiro atoms. The monoisotopic (exact) mass is 401 g/mol. The van der Waals surface area contributed by atoms with Crippen molar-refractivity contribution in [2.45, 2.75) is 6.18 Å². The summed E-state index contributed by atoms with van der Waals surface area (Å²) in [5.41, 5.74) is 0.0924. The van der Waals surface area contributed by atoms with Crippen molar-refractivity contribution < 1.29 is 26.4 Å². The minimum absolute atomic E-state index is 0.0924. The van der Waals surface area contributed by atoms with Crippen LogP contribution in [0, 0.1) is 0 Å². The maximum Gasteiger partial charge on any atom is 0.471 e. The third-order valence-corrected chi connectivity index (χ3v) is 2.07. The van der Waals surface area contributed by atoms with Crippen molar-refractivity contribution in [2.24, 2.45) is 0 Å². The van der Waals surface area contributed by atoms with E-state index in [1.807, 2.05) is 0 Å². The van der Waals surface area contributed by atoms with Crippen LogP contribution in [0.25, 0.3) is 0 Å². The number of anilines is 1. The van der Waals surface area contributed by atoms with Gasteiger partial charge >= 0.3 is 20.3 Å². The predicted octanol–water partition coefficient (Wildman–Crippen LogP) is 3.66. The van der Waals surface area contributed by atoms with Crippen molar-refractivity contribution >= 4 is 57.2 Å². The molecular weight excluding hydrogens is 398 g/mol. The molecule has 0 atom stereocenters. The molecule has 0 unspecified atom stereocenters. The Labute approximate surface area is 123 Å². The number of nitrogens with one attached hydrogen (secondary N) is 1. The van der Waals surface area contributed by atoms with Gasteiger partial charge in [0, 0.05) is 25.8 Å². The summed E-state index contributed by atoms with van der Waals surface area (Å²) in [6.07, 6.45) is -4.87. The highest BCUT2D eigenvalue weighted by Gasteiger charge is 2.38. The van der Waals surface area contributed by atoms with Gasteiger partial charge in [0.2, 0.25) is 0 Å². The largest absolute Gasteiger partial charge is 0.471 e. The van der Waals surface area contributed by atoms with Gasteiger partial charge in [0.15, 0.2) is 0 Å². The molecule has 0 radical (unpaired) electrons.